The number of carbonyl (C=O) groups excluding carboxylic acids is 2. The van der Waals surface area contributed by atoms with E-state index in [1.807, 2.05) is 19.1 Å². The Balaban J connectivity index is 1.99. The van der Waals surface area contributed by atoms with Gasteiger partial charge in [-0.1, -0.05) is 35.9 Å². The summed E-state index contributed by atoms with van der Waals surface area (Å²) in [4.78, 5) is 24.4. The maximum atomic E-state index is 12.3. The number of carbonyl (C=O) groups is 2. The van der Waals surface area contributed by atoms with Crippen LogP contribution in [0.1, 0.15) is 28.4 Å². The third-order valence-electron chi connectivity index (χ3n) is 3.81. The lowest BCUT2D eigenvalue weighted by molar-refractivity contribution is -0.145. The van der Waals surface area contributed by atoms with Gasteiger partial charge < -0.3 is 14.2 Å². The number of Topliss-reactive ketones (excluding diaryl/α,β-unsaturated/α-hetero) is 1. The molecule has 0 heterocycles. The number of aryl methyl sites for hydroxylation is 1. The zero-order valence-electron chi connectivity index (χ0n) is 14.9. The molecule has 0 aromatic heterocycles. The van der Waals surface area contributed by atoms with Gasteiger partial charge in [0.15, 0.2) is 17.6 Å². The van der Waals surface area contributed by atoms with Crippen molar-refractivity contribution in [1.82, 2.24) is 0 Å². The van der Waals surface area contributed by atoms with E-state index in [0.29, 0.717) is 17.1 Å². The first-order valence-electron chi connectivity index (χ1n) is 7.96. The number of ketones is 1. The largest absolute Gasteiger partial charge is 0.493 e. The maximum Gasteiger partial charge on any atom is 0.310 e. The van der Waals surface area contributed by atoms with Crippen molar-refractivity contribution in [3.8, 4) is 11.5 Å². The average molecular weight is 342 g/mol. The summed E-state index contributed by atoms with van der Waals surface area (Å²) in [5, 5.41) is 0. The van der Waals surface area contributed by atoms with E-state index in [-0.39, 0.29) is 12.2 Å². The quantitative estimate of drug-likeness (QED) is 0.570. The van der Waals surface area contributed by atoms with Crippen LogP contribution in [-0.4, -0.2) is 32.1 Å². The Morgan fingerprint density at radius 3 is 2.20 bits per heavy atom. The molecule has 2 rings (SSSR count). The topological polar surface area (TPSA) is 61.8 Å². The molecule has 0 fully saturated rings. The van der Waals surface area contributed by atoms with E-state index in [9.17, 15) is 9.59 Å². The van der Waals surface area contributed by atoms with Gasteiger partial charge in [-0.15, -0.1) is 0 Å². The smallest absolute Gasteiger partial charge is 0.310 e. The summed E-state index contributed by atoms with van der Waals surface area (Å²) >= 11 is 0. The minimum Gasteiger partial charge on any atom is -0.493 e. The third-order valence-corrected chi connectivity index (χ3v) is 3.81. The van der Waals surface area contributed by atoms with Gasteiger partial charge in [-0.2, -0.15) is 0 Å². The van der Waals surface area contributed by atoms with E-state index in [2.05, 4.69) is 0 Å². The van der Waals surface area contributed by atoms with Gasteiger partial charge in [0.05, 0.1) is 20.6 Å². The molecule has 0 bridgehead atoms. The third kappa shape index (κ3) is 4.83. The van der Waals surface area contributed by atoms with E-state index in [1.165, 1.54) is 7.11 Å². The highest BCUT2D eigenvalue weighted by atomic mass is 16.5. The van der Waals surface area contributed by atoms with Crippen molar-refractivity contribution in [2.24, 2.45) is 0 Å². The molecule has 0 saturated carbocycles. The summed E-state index contributed by atoms with van der Waals surface area (Å²) in [5.74, 6) is 0.431. The highest BCUT2D eigenvalue weighted by molar-refractivity contribution is 6.00. The summed E-state index contributed by atoms with van der Waals surface area (Å²) < 4.78 is 15.6. The molecule has 5 heteroatoms. The van der Waals surface area contributed by atoms with E-state index in [1.54, 1.807) is 44.4 Å². The molecule has 2 aromatic rings. The molecular formula is C20H22O5. The van der Waals surface area contributed by atoms with Gasteiger partial charge in [0, 0.05) is 5.56 Å². The lowest BCUT2D eigenvalue weighted by atomic mass is 10.1. The molecule has 2 aromatic carbocycles. The minimum absolute atomic E-state index is 0.0475. The highest BCUT2D eigenvalue weighted by Gasteiger charge is 2.20. The van der Waals surface area contributed by atoms with E-state index < -0.39 is 12.1 Å². The minimum atomic E-state index is -0.838. The second-order valence-electron chi connectivity index (χ2n) is 5.73. The Morgan fingerprint density at radius 2 is 1.60 bits per heavy atom. The molecule has 0 aliphatic rings. The van der Waals surface area contributed by atoms with Crippen molar-refractivity contribution in [2.75, 3.05) is 14.2 Å². The Hall–Kier alpha value is -2.82. The Labute approximate surface area is 147 Å². The first-order valence-corrected chi connectivity index (χ1v) is 7.96. The Morgan fingerprint density at radius 1 is 0.960 bits per heavy atom. The van der Waals surface area contributed by atoms with Crippen LogP contribution in [0.2, 0.25) is 0 Å². The fourth-order valence-electron chi connectivity index (χ4n) is 2.40. The molecule has 5 nitrogen and oxygen atoms in total. The molecule has 25 heavy (non-hydrogen) atoms. The van der Waals surface area contributed by atoms with Crippen LogP contribution >= 0.6 is 0 Å². The number of hydrogen-bond acceptors (Lipinski definition) is 5. The van der Waals surface area contributed by atoms with Gasteiger partial charge in [-0.3, -0.25) is 9.59 Å². The number of esters is 1. The molecule has 0 N–H and O–H groups in total. The molecule has 0 spiro atoms. The normalized spacial score (nSPS) is 11.5. The van der Waals surface area contributed by atoms with Crippen molar-refractivity contribution in [3.05, 3.63) is 59.2 Å². The lowest BCUT2D eigenvalue weighted by Crippen LogP contribution is -2.25. The second kappa shape index (κ2) is 8.33. The molecule has 0 unspecified atom stereocenters. The van der Waals surface area contributed by atoms with Crippen LogP contribution in [0.4, 0.5) is 0 Å². The van der Waals surface area contributed by atoms with Crippen LogP contribution in [0.5, 0.6) is 11.5 Å². The van der Waals surface area contributed by atoms with Crippen molar-refractivity contribution >= 4 is 11.8 Å². The molecule has 0 radical (unpaired) electrons. The molecule has 0 saturated heterocycles. The van der Waals surface area contributed by atoms with Crippen LogP contribution in [0.15, 0.2) is 42.5 Å². The fraction of sp³-hybridized carbons (Fsp3) is 0.300. The summed E-state index contributed by atoms with van der Waals surface area (Å²) in [6, 6.07) is 12.4. The standard InChI is InChI=1S/C20H22O5/c1-13-5-8-16(9-6-13)20(22)14(2)25-19(21)12-15-7-10-17(23-3)18(11-15)24-4/h5-11,14H,12H2,1-4H3/t14-/m0/s1. The number of methoxy groups -OCH3 is 2. The van der Waals surface area contributed by atoms with Crippen molar-refractivity contribution in [2.45, 2.75) is 26.4 Å². The summed E-state index contributed by atoms with van der Waals surface area (Å²) in [5.41, 5.74) is 2.31. The van der Waals surface area contributed by atoms with Gasteiger partial charge in [-0.25, -0.2) is 0 Å². The zero-order valence-corrected chi connectivity index (χ0v) is 14.9. The molecular weight excluding hydrogens is 320 g/mol. The summed E-state index contributed by atoms with van der Waals surface area (Å²) in [6.45, 7) is 3.52. The van der Waals surface area contributed by atoms with Gasteiger partial charge in [0.1, 0.15) is 0 Å². The number of hydrogen-bond donors (Lipinski definition) is 0. The predicted octanol–water partition coefficient (Wildman–Crippen LogP) is 3.37. The van der Waals surface area contributed by atoms with Crippen LogP contribution in [0, 0.1) is 6.92 Å². The van der Waals surface area contributed by atoms with E-state index >= 15 is 0 Å². The number of rotatable bonds is 7. The molecule has 0 aliphatic heterocycles. The number of benzene rings is 2. The van der Waals surface area contributed by atoms with Crippen molar-refractivity contribution in [1.29, 1.82) is 0 Å². The predicted molar refractivity (Wildman–Crippen MR) is 94.3 cm³/mol. The summed E-state index contributed by atoms with van der Waals surface area (Å²) in [7, 11) is 3.08. The van der Waals surface area contributed by atoms with Crippen molar-refractivity contribution in [3.63, 3.8) is 0 Å². The lowest BCUT2D eigenvalue weighted by Gasteiger charge is -2.13. The molecule has 0 amide bonds. The maximum absolute atomic E-state index is 12.3. The van der Waals surface area contributed by atoms with Gasteiger partial charge in [0.25, 0.3) is 0 Å². The van der Waals surface area contributed by atoms with Crippen LogP contribution < -0.4 is 9.47 Å². The monoisotopic (exact) mass is 342 g/mol. The zero-order chi connectivity index (χ0) is 18.4. The van der Waals surface area contributed by atoms with E-state index in [0.717, 1.165) is 11.1 Å². The molecule has 0 aliphatic carbocycles. The summed E-state index contributed by atoms with van der Waals surface area (Å²) in [6.07, 6.45) is -0.790. The second-order valence-corrected chi connectivity index (χ2v) is 5.73. The van der Waals surface area contributed by atoms with Gasteiger partial charge in [-0.05, 0) is 31.5 Å². The van der Waals surface area contributed by atoms with Crippen LogP contribution in [-0.2, 0) is 16.0 Å². The molecule has 1 atom stereocenters. The van der Waals surface area contributed by atoms with Crippen LogP contribution in [0.3, 0.4) is 0 Å². The highest BCUT2D eigenvalue weighted by Crippen LogP contribution is 2.27. The van der Waals surface area contributed by atoms with Gasteiger partial charge in [0.2, 0.25) is 5.78 Å². The SMILES string of the molecule is COc1ccc(CC(=O)O[C@@H](C)C(=O)c2ccc(C)cc2)cc1OC. The Bertz CT molecular complexity index is 749. The number of ether oxygens (including phenoxy) is 3. The van der Waals surface area contributed by atoms with Gasteiger partial charge >= 0.3 is 5.97 Å². The average Bonchev–Trinajstić information content (AvgIpc) is 2.61. The first-order chi connectivity index (χ1) is 11.9. The van der Waals surface area contributed by atoms with Crippen LogP contribution in [0.25, 0.3) is 0 Å². The Kier molecular flexibility index (Phi) is 6.17. The first kappa shape index (κ1) is 18.5. The van der Waals surface area contributed by atoms with E-state index in [4.69, 9.17) is 14.2 Å². The fourth-order valence-corrected chi connectivity index (χ4v) is 2.40. The van der Waals surface area contributed by atoms with Crippen molar-refractivity contribution < 1.29 is 23.8 Å². The molecule has 132 valence electrons.